The zero-order chi connectivity index (χ0) is 18.4. The van der Waals surface area contributed by atoms with Crippen molar-refractivity contribution in [1.82, 2.24) is 0 Å². The molecule has 3 nitrogen and oxygen atoms in total. The van der Waals surface area contributed by atoms with E-state index in [9.17, 15) is 9.59 Å². The normalized spacial score (nSPS) is 10.7. The zero-order valence-corrected chi connectivity index (χ0v) is 14.5. The van der Waals surface area contributed by atoms with Gasteiger partial charge >= 0.3 is 5.97 Å². The predicted molar refractivity (Wildman–Crippen MR) is 103 cm³/mol. The molecule has 0 amide bonds. The summed E-state index contributed by atoms with van der Waals surface area (Å²) in [5.41, 5.74) is 1.75. The Bertz CT molecular complexity index is 945. The van der Waals surface area contributed by atoms with Gasteiger partial charge in [-0.05, 0) is 48.0 Å². The SMILES string of the molecule is O=C(C=Cc1ccccc1)c1ccc(OC(=O)c2ccccc2Cl)cc1. The van der Waals surface area contributed by atoms with Gasteiger partial charge < -0.3 is 4.74 Å². The molecular formula is C22H15ClO3. The zero-order valence-electron chi connectivity index (χ0n) is 13.8. The summed E-state index contributed by atoms with van der Waals surface area (Å²) in [7, 11) is 0. The fraction of sp³-hybridized carbons (Fsp3) is 0. The van der Waals surface area contributed by atoms with E-state index < -0.39 is 5.97 Å². The van der Waals surface area contributed by atoms with Gasteiger partial charge in [0.05, 0.1) is 10.6 Å². The highest BCUT2D eigenvalue weighted by atomic mass is 35.5. The van der Waals surface area contributed by atoms with Gasteiger partial charge in [-0.3, -0.25) is 4.79 Å². The molecular weight excluding hydrogens is 348 g/mol. The minimum Gasteiger partial charge on any atom is -0.423 e. The van der Waals surface area contributed by atoms with Crippen LogP contribution < -0.4 is 4.74 Å². The lowest BCUT2D eigenvalue weighted by atomic mass is 10.1. The molecule has 0 spiro atoms. The van der Waals surface area contributed by atoms with Gasteiger partial charge in [0.2, 0.25) is 0 Å². The van der Waals surface area contributed by atoms with E-state index in [-0.39, 0.29) is 5.78 Å². The van der Waals surface area contributed by atoms with E-state index in [4.69, 9.17) is 16.3 Å². The van der Waals surface area contributed by atoms with Crippen LogP contribution >= 0.6 is 11.6 Å². The minimum atomic E-state index is -0.543. The molecule has 0 heterocycles. The Hall–Kier alpha value is -3.17. The van der Waals surface area contributed by atoms with Gasteiger partial charge in [-0.25, -0.2) is 4.79 Å². The van der Waals surface area contributed by atoms with Crippen molar-refractivity contribution in [3.05, 3.63) is 107 Å². The molecule has 0 aliphatic carbocycles. The Morgan fingerprint density at radius 3 is 2.15 bits per heavy atom. The first kappa shape index (κ1) is 17.6. The fourth-order valence-electron chi connectivity index (χ4n) is 2.31. The number of hydrogen-bond acceptors (Lipinski definition) is 3. The van der Waals surface area contributed by atoms with E-state index in [0.29, 0.717) is 21.9 Å². The number of hydrogen-bond donors (Lipinski definition) is 0. The molecule has 128 valence electrons. The third-order valence-corrected chi connectivity index (χ3v) is 4.00. The largest absolute Gasteiger partial charge is 0.423 e. The van der Waals surface area contributed by atoms with Crippen LogP contribution in [0.5, 0.6) is 5.75 Å². The summed E-state index contributed by atoms with van der Waals surface area (Å²) in [5.74, 6) is -0.324. The van der Waals surface area contributed by atoms with E-state index in [2.05, 4.69) is 0 Å². The first-order chi connectivity index (χ1) is 12.6. The van der Waals surface area contributed by atoms with Crippen molar-refractivity contribution < 1.29 is 14.3 Å². The van der Waals surface area contributed by atoms with Crippen LogP contribution in [0, 0.1) is 0 Å². The second kappa shape index (κ2) is 8.28. The van der Waals surface area contributed by atoms with Crippen LogP contribution in [-0.2, 0) is 0 Å². The molecule has 0 radical (unpaired) electrons. The van der Waals surface area contributed by atoms with Crippen LogP contribution in [0.15, 0.2) is 84.9 Å². The van der Waals surface area contributed by atoms with Crippen LogP contribution in [0.1, 0.15) is 26.3 Å². The molecule has 3 rings (SSSR count). The Labute approximate surface area is 156 Å². The Morgan fingerprint density at radius 1 is 0.808 bits per heavy atom. The molecule has 4 heteroatoms. The van der Waals surface area contributed by atoms with E-state index in [1.165, 1.54) is 6.08 Å². The van der Waals surface area contributed by atoms with Gasteiger partial charge in [0, 0.05) is 5.56 Å². The first-order valence-corrected chi connectivity index (χ1v) is 8.35. The molecule has 0 bridgehead atoms. The van der Waals surface area contributed by atoms with Crippen molar-refractivity contribution in [2.75, 3.05) is 0 Å². The fourth-order valence-corrected chi connectivity index (χ4v) is 2.52. The van der Waals surface area contributed by atoms with Crippen LogP contribution in [0.4, 0.5) is 0 Å². The highest BCUT2D eigenvalue weighted by Gasteiger charge is 2.12. The summed E-state index contributed by atoms with van der Waals surface area (Å²) < 4.78 is 5.29. The number of halogens is 1. The average Bonchev–Trinajstić information content (AvgIpc) is 2.68. The van der Waals surface area contributed by atoms with Crippen molar-refractivity contribution in [2.24, 2.45) is 0 Å². The quantitative estimate of drug-likeness (QED) is 0.262. The summed E-state index contributed by atoms with van der Waals surface area (Å²) in [6, 6.07) is 22.6. The molecule has 0 unspecified atom stereocenters. The highest BCUT2D eigenvalue weighted by molar-refractivity contribution is 6.33. The summed E-state index contributed by atoms with van der Waals surface area (Å²) >= 11 is 5.98. The number of esters is 1. The molecule has 26 heavy (non-hydrogen) atoms. The van der Waals surface area contributed by atoms with Gasteiger partial charge in [0.15, 0.2) is 5.78 Å². The van der Waals surface area contributed by atoms with E-state index in [1.807, 2.05) is 30.3 Å². The lowest BCUT2D eigenvalue weighted by Crippen LogP contribution is -2.09. The van der Waals surface area contributed by atoms with Crippen LogP contribution in [0.2, 0.25) is 5.02 Å². The Kier molecular flexibility index (Phi) is 5.62. The maximum absolute atomic E-state index is 12.2. The van der Waals surface area contributed by atoms with Crippen molar-refractivity contribution in [2.45, 2.75) is 0 Å². The molecule has 0 atom stereocenters. The number of rotatable bonds is 5. The lowest BCUT2D eigenvalue weighted by molar-refractivity contribution is 0.0735. The van der Waals surface area contributed by atoms with Gasteiger partial charge in [-0.1, -0.05) is 60.1 Å². The molecule has 0 aliphatic rings. The summed E-state index contributed by atoms with van der Waals surface area (Å²) in [4.78, 5) is 24.3. The topological polar surface area (TPSA) is 43.4 Å². The number of allylic oxidation sites excluding steroid dienone is 1. The number of ether oxygens (including phenoxy) is 1. The molecule has 3 aromatic carbocycles. The second-order valence-corrected chi connectivity index (χ2v) is 5.91. The van der Waals surface area contributed by atoms with Crippen molar-refractivity contribution in [3.63, 3.8) is 0 Å². The standard InChI is InChI=1S/C22H15ClO3/c23-20-9-5-4-8-19(20)22(25)26-18-13-11-17(12-14-18)21(24)15-10-16-6-2-1-3-7-16/h1-15H. The van der Waals surface area contributed by atoms with Gasteiger partial charge in [-0.2, -0.15) is 0 Å². The highest BCUT2D eigenvalue weighted by Crippen LogP contribution is 2.19. The van der Waals surface area contributed by atoms with Gasteiger partial charge in [0.1, 0.15) is 5.75 Å². The van der Waals surface area contributed by atoms with Crippen LogP contribution in [0.25, 0.3) is 6.08 Å². The number of ketones is 1. The summed E-state index contributed by atoms with van der Waals surface area (Å²) in [6.45, 7) is 0. The minimum absolute atomic E-state index is 0.127. The molecule has 0 saturated carbocycles. The smallest absolute Gasteiger partial charge is 0.345 e. The van der Waals surface area contributed by atoms with E-state index in [0.717, 1.165) is 5.56 Å². The summed E-state index contributed by atoms with van der Waals surface area (Å²) in [6.07, 6.45) is 3.27. The van der Waals surface area contributed by atoms with Crippen molar-refractivity contribution in [3.8, 4) is 5.75 Å². The summed E-state index contributed by atoms with van der Waals surface area (Å²) in [5, 5.41) is 0.329. The Morgan fingerprint density at radius 2 is 1.46 bits per heavy atom. The molecule has 0 saturated heterocycles. The third-order valence-electron chi connectivity index (χ3n) is 3.67. The third kappa shape index (κ3) is 4.47. The molecule has 0 N–H and O–H groups in total. The van der Waals surface area contributed by atoms with Crippen LogP contribution in [-0.4, -0.2) is 11.8 Å². The average molecular weight is 363 g/mol. The van der Waals surface area contributed by atoms with Gasteiger partial charge in [0.25, 0.3) is 0 Å². The van der Waals surface area contributed by atoms with Crippen LogP contribution in [0.3, 0.4) is 0 Å². The molecule has 3 aromatic rings. The maximum atomic E-state index is 12.2. The number of carbonyl (C=O) groups excluding carboxylic acids is 2. The van der Waals surface area contributed by atoms with Crippen molar-refractivity contribution in [1.29, 1.82) is 0 Å². The van der Waals surface area contributed by atoms with Crippen molar-refractivity contribution >= 4 is 29.4 Å². The maximum Gasteiger partial charge on any atom is 0.345 e. The monoisotopic (exact) mass is 362 g/mol. The number of carbonyl (C=O) groups is 2. The lowest BCUT2D eigenvalue weighted by Gasteiger charge is -2.06. The molecule has 0 fully saturated rings. The predicted octanol–water partition coefficient (Wildman–Crippen LogP) is 5.46. The second-order valence-electron chi connectivity index (χ2n) is 5.50. The number of benzene rings is 3. The molecule has 0 aromatic heterocycles. The molecule has 0 aliphatic heterocycles. The first-order valence-electron chi connectivity index (χ1n) is 7.98. The van der Waals surface area contributed by atoms with Gasteiger partial charge in [-0.15, -0.1) is 0 Å². The van der Waals surface area contributed by atoms with E-state index >= 15 is 0 Å². The Balaban J connectivity index is 1.67. The van der Waals surface area contributed by atoms with E-state index in [1.54, 1.807) is 54.6 Å².